The van der Waals surface area contributed by atoms with Crippen molar-refractivity contribution in [1.82, 2.24) is 0 Å². The van der Waals surface area contributed by atoms with Crippen LogP contribution in [0.15, 0.2) is 0 Å². The highest BCUT2D eigenvalue weighted by molar-refractivity contribution is 5.71. The Labute approximate surface area is 167 Å². The second-order valence-electron chi connectivity index (χ2n) is 7.84. The highest BCUT2D eigenvalue weighted by atomic mass is 16.5. The molecule has 27 heavy (non-hydrogen) atoms. The first-order valence-electron chi connectivity index (χ1n) is 11.3. The maximum absolute atomic E-state index is 11.3. The normalized spacial score (nSPS) is 12.0. The molecule has 0 rings (SSSR count). The quantitative estimate of drug-likeness (QED) is 0.186. The van der Waals surface area contributed by atoms with Crippen LogP contribution >= 0.6 is 0 Å². The van der Waals surface area contributed by atoms with Gasteiger partial charge in [-0.3, -0.25) is 9.59 Å². The van der Waals surface area contributed by atoms with Crippen LogP contribution in [-0.4, -0.2) is 26.2 Å². The van der Waals surface area contributed by atoms with E-state index in [0.29, 0.717) is 6.42 Å². The van der Waals surface area contributed by atoms with E-state index in [1.807, 2.05) is 6.92 Å². The molecule has 0 radical (unpaired) electrons. The number of carbonyl (C=O) groups is 2. The van der Waals surface area contributed by atoms with Crippen molar-refractivity contribution in [2.24, 2.45) is 5.92 Å². The van der Waals surface area contributed by atoms with Crippen molar-refractivity contribution in [3.05, 3.63) is 0 Å². The number of esters is 2. The van der Waals surface area contributed by atoms with E-state index in [4.69, 9.17) is 4.74 Å². The number of ether oxygens (including phenoxy) is 2. The van der Waals surface area contributed by atoms with E-state index in [9.17, 15) is 9.59 Å². The molecule has 4 nitrogen and oxygen atoms in total. The molecule has 1 atom stereocenters. The molecule has 0 aromatic rings. The van der Waals surface area contributed by atoms with E-state index in [1.165, 1.54) is 91.3 Å². The molecule has 0 aliphatic carbocycles. The smallest absolute Gasteiger partial charge is 0.308 e. The molecule has 0 bridgehead atoms. The van der Waals surface area contributed by atoms with Gasteiger partial charge in [0.2, 0.25) is 0 Å². The van der Waals surface area contributed by atoms with Gasteiger partial charge in [-0.15, -0.1) is 0 Å². The van der Waals surface area contributed by atoms with E-state index in [1.54, 1.807) is 0 Å². The minimum absolute atomic E-state index is 0.0508. The molecule has 0 saturated carbocycles. The topological polar surface area (TPSA) is 52.6 Å². The van der Waals surface area contributed by atoms with Gasteiger partial charge in [0.25, 0.3) is 0 Å². The minimum Gasteiger partial charge on any atom is -0.469 e. The van der Waals surface area contributed by atoms with Gasteiger partial charge in [-0.2, -0.15) is 0 Å². The Bertz CT molecular complexity index is 354. The monoisotopic (exact) mass is 384 g/mol. The lowest BCUT2D eigenvalue weighted by Gasteiger charge is -2.08. The average molecular weight is 385 g/mol. The summed E-state index contributed by atoms with van der Waals surface area (Å²) in [5, 5.41) is 0. The van der Waals surface area contributed by atoms with Crippen LogP contribution in [0.5, 0.6) is 0 Å². The Morgan fingerprint density at radius 2 is 0.963 bits per heavy atom. The Kier molecular flexibility index (Phi) is 18.9. The average Bonchev–Trinajstić information content (AvgIpc) is 2.69. The largest absolute Gasteiger partial charge is 0.469 e. The van der Waals surface area contributed by atoms with Gasteiger partial charge in [0.05, 0.1) is 20.1 Å². The van der Waals surface area contributed by atoms with Crippen LogP contribution in [0, 0.1) is 5.92 Å². The van der Waals surface area contributed by atoms with E-state index < -0.39 is 0 Å². The van der Waals surface area contributed by atoms with E-state index in [-0.39, 0.29) is 17.9 Å². The van der Waals surface area contributed by atoms with Gasteiger partial charge in [0.15, 0.2) is 0 Å². The van der Waals surface area contributed by atoms with E-state index >= 15 is 0 Å². The van der Waals surface area contributed by atoms with Crippen molar-refractivity contribution >= 4 is 11.9 Å². The molecular formula is C23H44O4. The molecule has 0 heterocycles. The Hall–Kier alpha value is -1.06. The predicted molar refractivity (Wildman–Crippen MR) is 112 cm³/mol. The third kappa shape index (κ3) is 18.1. The van der Waals surface area contributed by atoms with Gasteiger partial charge in [-0.05, 0) is 12.8 Å². The molecule has 0 aromatic carbocycles. The van der Waals surface area contributed by atoms with Crippen LogP contribution in [0.25, 0.3) is 0 Å². The van der Waals surface area contributed by atoms with Gasteiger partial charge in [-0.25, -0.2) is 0 Å². The maximum Gasteiger partial charge on any atom is 0.308 e. The van der Waals surface area contributed by atoms with Gasteiger partial charge >= 0.3 is 11.9 Å². The summed E-state index contributed by atoms with van der Waals surface area (Å²) in [5.41, 5.74) is 0. The van der Waals surface area contributed by atoms with Crippen molar-refractivity contribution in [3.8, 4) is 0 Å². The molecular weight excluding hydrogens is 340 g/mol. The third-order valence-corrected chi connectivity index (χ3v) is 5.35. The molecule has 4 heteroatoms. The summed E-state index contributed by atoms with van der Waals surface area (Å²) in [6.45, 7) is 1.96. The fourth-order valence-electron chi connectivity index (χ4n) is 3.44. The standard InChI is InChI=1S/C23H44O4/c1-21(23(25)27-3)19-17-15-13-11-9-7-5-4-6-8-10-12-14-16-18-20-22(24)26-2/h21H,4-20H2,1-3H3. The summed E-state index contributed by atoms with van der Waals surface area (Å²) in [6, 6.07) is 0. The van der Waals surface area contributed by atoms with Gasteiger partial charge < -0.3 is 9.47 Å². The van der Waals surface area contributed by atoms with E-state index in [0.717, 1.165) is 25.7 Å². The van der Waals surface area contributed by atoms with Crippen molar-refractivity contribution < 1.29 is 19.1 Å². The highest BCUT2D eigenvalue weighted by Crippen LogP contribution is 2.15. The lowest BCUT2D eigenvalue weighted by Crippen LogP contribution is -2.12. The van der Waals surface area contributed by atoms with Crippen LogP contribution in [-0.2, 0) is 19.1 Å². The molecule has 1 unspecified atom stereocenters. The Balaban J connectivity index is 3.13. The first-order chi connectivity index (χ1) is 13.1. The summed E-state index contributed by atoms with van der Waals surface area (Å²) in [6.07, 6.45) is 20.7. The fourth-order valence-corrected chi connectivity index (χ4v) is 3.44. The Morgan fingerprint density at radius 3 is 1.33 bits per heavy atom. The second kappa shape index (κ2) is 19.7. The van der Waals surface area contributed by atoms with Crippen molar-refractivity contribution in [2.45, 2.75) is 116 Å². The first-order valence-corrected chi connectivity index (χ1v) is 11.3. The van der Waals surface area contributed by atoms with Gasteiger partial charge in [0, 0.05) is 6.42 Å². The summed E-state index contributed by atoms with van der Waals surface area (Å²) in [5.74, 6) is -0.105. The molecule has 0 fully saturated rings. The zero-order valence-electron chi connectivity index (χ0n) is 18.2. The number of unbranched alkanes of at least 4 members (excludes halogenated alkanes) is 14. The van der Waals surface area contributed by atoms with Crippen molar-refractivity contribution in [3.63, 3.8) is 0 Å². The SMILES string of the molecule is COC(=O)CCCCCCCCCCCCCCCCCC(C)C(=O)OC. The molecule has 0 aromatic heterocycles. The zero-order valence-corrected chi connectivity index (χ0v) is 18.2. The summed E-state index contributed by atoms with van der Waals surface area (Å²) < 4.78 is 9.39. The summed E-state index contributed by atoms with van der Waals surface area (Å²) in [7, 11) is 2.92. The lowest BCUT2D eigenvalue weighted by molar-refractivity contribution is -0.145. The molecule has 160 valence electrons. The predicted octanol–water partition coefficient (Wildman–Crippen LogP) is 6.60. The minimum atomic E-state index is -0.0804. The highest BCUT2D eigenvalue weighted by Gasteiger charge is 2.11. The molecule has 0 aliphatic rings. The fraction of sp³-hybridized carbons (Fsp3) is 0.913. The molecule has 0 aliphatic heterocycles. The lowest BCUT2D eigenvalue weighted by atomic mass is 10.0. The van der Waals surface area contributed by atoms with Crippen LogP contribution in [0.1, 0.15) is 116 Å². The molecule has 0 N–H and O–H groups in total. The van der Waals surface area contributed by atoms with Crippen molar-refractivity contribution in [1.29, 1.82) is 0 Å². The molecule has 0 amide bonds. The van der Waals surface area contributed by atoms with Gasteiger partial charge in [0.1, 0.15) is 0 Å². The van der Waals surface area contributed by atoms with Crippen LogP contribution in [0.3, 0.4) is 0 Å². The van der Waals surface area contributed by atoms with Crippen LogP contribution in [0.2, 0.25) is 0 Å². The Morgan fingerprint density at radius 1 is 0.593 bits per heavy atom. The number of hydrogen-bond donors (Lipinski definition) is 0. The number of rotatable bonds is 19. The van der Waals surface area contributed by atoms with Crippen molar-refractivity contribution in [2.75, 3.05) is 14.2 Å². The number of hydrogen-bond acceptors (Lipinski definition) is 4. The maximum atomic E-state index is 11.3. The molecule has 0 spiro atoms. The molecule has 0 saturated heterocycles. The third-order valence-electron chi connectivity index (χ3n) is 5.35. The number of carbonyl (C=O) groups excluding carboxylic acids is 2. The summed E-state index contributed by atoms with van der Waals surface area (Å²) >= 11 is 0. The van der Waals surface area contributed by atoms with Crippen LogP contribution in [0.4, 0.5) is 0 Å². The van der Waals surface area contributed by atoms with E-state index in [2.05, 4.69) is 4.74 Å². The second-order valence-corrected chi connectivity index (χ2v) is 7.84. The first kappa shape index (κ1) is 25.9. The van der Waals surface area contributed by atoms with Crippen LogP contribution < -0.4 is 0 Å². The van der Waals surface area contributed by atoms with Gasteiger partial charge in [-0.1, -0.05) is 96.8 Å². The zero-order chi connectivity index (χ0) is 20.2. The summed E-state index contributed by atoms with van der Waals surface area (Å²) in [4.78, 5) is 22.3. The number of methoxy groups -OCH3 is 2.